The molecule has 1 amide bonds. The van der Waals surface area contributed by atoms with Crippen LogP contribution in [0.4, 0.5) is 0 Å². The number of aromatic nitrogens is 2. The summed E-state index contributed by atoms with van der Waals surface area (Å²) in [5.41, 5.74) is 0. The molecule has 0 aromatic carbocycles. The molecule has 0 aliphatic heterocycles. The largest absolute Gasteiger partial charge is 0.481 e. The lowest BCUT2D eigenvalue weighted by Gasteiger charge is -2.07. The van der Waals surface area contributed by atoms with E-state index in [0.717, 1.165) is 0 Å². The Morgan fingerprint density at radius 1 is 1.50 bits per heavy atom. The lowest BCUT2D eigenvalue weighted by atomic mass is 10.1. The van der Waals surface area contributed by atoms with Gasteiger partial charge in [0, 0.05) is 31.9 Å². The quantitative estimate of drug-likeness (QED) is 0.674. The number of rotatable bonds is 8. The number of hydrogen-bond acceptors (Lipinski definition) is 3. The highest BCUT2D eigenvalue weighted by atomic mass is 16.4. The highest BCUT2D eigenvalue weighted by molar-refractivity contribution is 5.75. The molecule has 0 saturated heterocycles. The number of hydrogen-bond donors (Lipinski definition) is 2. The molecule has 100 valence electrons. The average molecular weight is 253 g/mol. The molecule has 0 saturated carbocycles. The Labute approximate surface area is 106 Å². The van der Waals surface area contributed by atoms with Crippen LogP contribution in [0.1, 0.15) is 26.2 Å². The Bertz CT molecular complexity index is 376. The molecule has 0 spiro atoms. The van der Waals surface area contributed by atoms with E-state index in [1.54, 1.807) is 17.8 Å². The maximum Gasteiger partial charge on any atom is 0.306 e. The van der Waals surface area contributed by atoms with Crippen molar-refractivity contribution in [3.8, 4) is 0 Å². The van der Waals surface area contributed by atoms with Crippen molar-refractivity contribution in [1.29, 1.82) is 0 Å². The van der Waals surface area contributed by atoms with Gasteiger partial charge in [-0.25, -0.2) is 0 Å². The van der Waals surface area contributed by atoms with Gasteiger partial charge < -0.3 is 10.4 Å². The van der Waals surface area contributed by atoms with E-state index in [-0.39, 0.29) is 11.8 Å². The van der Waals surface area contributed by atoms with Gasteiger partial charge in [0.25, 0.3) is 0 Å². The van der Waals surface area contributed by atoms with Crippen LogP contribution >= 0.6 is 0 Å². The van der Waals surface area contributed by atoms with Gasteiger partial charge in [0.05, 0.1) is 5.92 Å². The number of carboxylic acids is 1. The molecule has 0 aliphatic rings. The van der Waals surface area contributed by atoms with E-state index >= 15 is 0 Å². The summed E-state index contributed by atoms with van der Waals surface area (Å²) in [5.74, 6) is -1.18. The van der Waals surface area contributed by atoms with Gasteiger partial charge in [-0.2, -0.15) is 5.10 Å². The van der Waals surface area contributed by atoms with Crippen molar-refractivity contribution in [3.05, 3.63) is 18.5 Å². The molecule has 0 aliphatic carbocycles. The molecule has 1 heterocycles. The van der Waals surface area contributed by atoms with Crippen molar-refractivity contribution in [3.63, 3.8) is 0 Å². The van der Waals surface area contributed by atoms with Gasteiger partial charge in [-0.3, -0.25) is 14.3 Å². The standard InChI is InChI=1S/C12H19N3O3/c1-10(12(17)18)4-2-6-13-11(16)5-9-15-8-3-7-14-15/h3,7-8,10H,2,4-6,9H2,1H3,(H,13,16)(H,17,18). The molecule has 6 nitrogen and oxygen atoms in total. The van der Waals surface area contributed by atoms with Crippen LogP contribution in [0.15, 0.2) is 18.5 Å². The summed E-state index contributed by atoms with van der Waals surface area (Å²) in [6.45, 7) is 2.75. The predicted molar refractivity (Wildman–Crippen MR) is 65.9 cm³/mol. The lowest BCUT2D eigenvalue weighted by molar-refractivity contribution is -0.141. The van der Waals surface area contributed by atoms with Gasteiger partial charge in [0.15, 0.2) is 0 Å². The molecule has 1 atom stereocenters. The first-order chi connectivity index (χ1) is 8.59. The van der Waals surface area contributed by atoms with Crippen LogP contribution in [0, 0.1) is 5.92 Å². The van der Waals surface area contributed by atoms with E-state index in [9.17, 15) is 9.59 Å². The maximum absolute atomic E-state index is 11.4. The molecule has 6 heteroatoms. The van der Waals surface area contributed by atoms with Crippen molar-refractivity contribution in [2.45, 2.75) is 32.7 Å². The zero-order chi connectivity index (χ0) is 13.4. The number of amides is 1. The Hall–Kier alpha value is -1.85. The van der Waals surface area contributed by atoms with Crippen LogP contribution in [0.25, 0.3) is 0 Å². The fourth-order valence-electron chi connectivity index (χ4n) is 1.50. The summed E-state index contributed by atoms with van der Waals surface area (Å²) in [7, 11) is 0. The van der Waals surface area contributed by atoms with Crippen LogP contribution in [-0.2, 0) is 16.1 Å². The Morgan fingerprint density at radius 3 is 2.89 bits per heavy atom. The van der Waals surface area contributed by atoms with Crippen LogP contribution in [-0.4, -0.2) is 33.3 Å². The second kappa shape index (κ2) is 7.47. The Kier molecular flexibility index (Phi) is 5.90. The normalized spacial score (nSPS) is 12.1. The fourth-order valence-corrected chi connectivity index (χ4v) is 1.50. The Morgan fingerprint density at radius 2 is 2.28 bits per heavy atom. The van der Waals surface area contributed by atoms with Gasteiger partial charge in [0.2, 0.25) is 5.91 Å². The zero-order valence-corrected chi connectivity index (χ0v) is 10.5. The monoisotopic (exact) mass is 253 g/mol. The second-order valence-corrected chi connectivity index (χ2v) is 4.25. The van der Waals surface area contributed by atoms with Gasteiger partial charge in [-0.1, -0.05) is 6.92 Å². The van der Waals surface area contributed by atoms with E-state index in [0.29, 0.717) is 32.4 Å². The van der Waals surface area contributed by atoms with E-state index in [1.165, 1.54) is 0 Å². The number of nitrogens with zero attached hydrogens (tertiary/aromatic N) is 2. The molecule has 1 unspecified atom stereocenters. The highest BCUT2D eigenvalue weighted by Gasteiger charge is 2.10. The molecule has 1 rings (SSSR count). The van der Waals surface area contributed by atoms with Crippen molar-refractivity contribution in [2.75, 3.05) is 6.54 Å². The molecule has 1 aromatic rings. The van der Waals surface area contributed by atoms with Crippen LogP contribution in [0.2, 0.25) is 0 Å². The zero-order valence-electron chi connectivity index (χ0n) is 10.5. The topological polar surface area (TPSA) is 84.2 Å². The third-order valence-electron chi connectivity index (χ3n) is 2.68. The predicted octanol–water partition coefficient (Wildman–Crippen LogP) is 0.890. The average Bonchev–Trinajstić information content (AvgIpc) is 2.84. The third-order valence-corrected chi connectivity index (χ3v) is 2.68. The third kappa shape index (κ3) is 5.47. The minimum atomic E-state index is -0.792. The maximum atomic E-state index is 11.4. The second-order valence-electron chi connectivity index (χ2n) is 4.25. The fraction of sp³-hybridized carbons (Fsp3) is 0.583. The highest BCUT2D eigenvalue weighted by Crippen LogP contribution is 2.04. The molecule has 0 radical (unpaired) electrons. The summed E-state index contributed by atoms with van der Waals surface area (Å²) in [6, 6.07) is 1.81. The van der Waals surface area contributed by atoms with E-state index in [4.69, 9.17) is 5.11 Å². The van der Waals surface area contributed by atoms with Crippen LogP contribution in [0.5, 0.6) is 0 Å². The Balaban J connectivity index is 2.05. The molecular weight excluding hydrogens is 234 g/mol. The summed E-state index contributed by atoms with van der Waals surface area (Å²) < 4.78 is 1.70. The molecule has 1 aromatic heterocycles. The van der Waals surface area contributed by atoms with Crippen molar-refractivity contribution in [1.82, 2.24) is 15.1 Å². The summed E-state index contributed by atoms with van der Waals surface area (Å²) in [5, 5.41) is 15.4. The lowest BCUT2D eigenvalue weighted by Crippen LogP contribution is -2.26. The van der Waals surface area contributed by atoms with Crippen molar-refractivity contribution < 1.29 is 14.7 Å². The first-order valence-electron chi connectivity index (χ1n) is 6.06. The van der Waals surface area contributed by atoms with Crippen molar-refractivity contribution >= 4 is 11.9 Å². The smallest absolute Gasteiger partial charge is 0.306 e. The molecule has 18 heavy (non-hydrogen) atoms. The number of carboxylic acid groups (broad SMARTS) is 1. The van der Waals surface area contributed by atoms with E-state index < -0.39 is 5.97 Å². The molecule has 0 fully saturated rings. The van der Waals surface area contributed by atoms with Gasteiger partial charge in [-0.05, 0) is 18.9 Å². The minimum absolute atomic E-state index is 0.0338. The number of nitrogens with one attached hydrogen (secondary N) is 1. The SMILES string of the molecule is CC(CCCNC(=O)CCn1cccn1)C(=O)O. The summed E-state index contributed by atoms with van der Waals surface area (Å²) in [6.07, 6.45) is 5.12. The molecule has 0 bridgehead atoms. The molecular formula is C12H19N3O3. The number of carbonyl (C=O) groups is 2. The van der Waals surface area contributed by atoms with Gasteiger partial charge in [-0.15, -0.1) is 0 Å². The first kappa shape index (κ1) is 14.2. The first-order valence-corrected chi connectivity index (χ1v) is 6.06. The summed E-state index contributed by atoms with van der Waals surface area (Å²) >= 11 is 0. The number of aryl methyl sites for hydroxylation is 1. The number of aliphatic carboxylic acids is 1. The minimum Gasteiger partial charge on any atom is -0.481 e. The van der Waals surface area contributed by atoms with Gasteiger partial charge >= 0.3 is 5.97 Å². The van der Waals surface area contributed by atoms with Crippen LogP contribution < -0.4 is 5.32 Å². The van der Waals surface area contributed by atoms with Crippen molar-refractivity contribution in [2.24, 2.45) is 5.92 Å². The number of carbonyl (C=O) groups excluding carboxylic acids is 1. The molecule has 2 N–H and O–H groups in total. The van der Waals surface area contributed by atoms with E-state index in [1.807, 2.05) is 12.3 Å². The van der Waals surface area contributed by atoms with Crippen LogP contribution in [0.3, 0.4) is 0 Å². The van der Waals surface area contributed by atoms with Gasteiger partial charge in [0.1, 0.15) is 0 Å². The van der Waals surface area contributed by atoms with E-state index in [2.05, 4.69) is 10.4 Å². The summed E-state index contributed by atoms with van der Waals surface area (Å²) in [4.78, 5) is 22.0.